The van der Waals surface area contributed by atoms with Crippen LogP contribution in [-0.2, 0) is 4.74 Å². The Balaban J connectivity index is 1.42. The molecule has 2 saturated heterocycles. The fourth-order valence-electron chi connectivity index (χ4n) is 4.70. The molecule has 0 amide bonds. The van der Waals surface area contributed by atoms with Gasteiger partial charge < -0.3 is 20.1 Å². The number of hydrogen-bond donors (Lipinski definition) is 2. The number of aromatic hydroxyl groups is 1. The molecule has 0 spiro atoms. The molecule has 2 N–H and O–H groups in total. The van der Waals surface area contributed by atoms with Gasteiger partial charge in [-0.3, -0.25) is 4.98 Å². The molecule has 2 aliphatic heterocycles. The largest absolute Gasteiger partial charge is 0.507 e. The number of phenols is 1. The van der Waals surface area contributed by atoms with Gasteiger partial charge in [-0.2, -0.15) is 0 Å². The minimum Gasteiger partial charge on any atom is -0.507 e. The summed E-state index contributed by atoms with van der Waals surface area (Å²) in [4.78, 5) is 10.2. The Hall–Kier alpha value is -2.98. The van der Waals surface area contributed by atoms with Crippen LogP contribution in [0, 0.1) is 0 Å². The fourth-order valence-corrected chi connectivity index (χ4v) is 4.70. The standard InChI is InChI=1S/C21H22F2N6O2/c1-29(16-7-18-21(22,23)8-14(26-18)19(16)31-2)20-25-10-15(27-28-20)13-5-11-3-4-24-9-12(11)6-17(13)30/h3-6,9-10,14,16,18-19,26,30H,7-8H2,1-2H3/t14-,16+,18-,19+/m1/s1. The van der Waals surface area contributed by atoms with Crippen LogP contribution in [0.3, 0.4) is 0 Å². The van der Waals surface area contributed by atoms with Crippen LogP contribution in [0.25, 0.3) is 22.0 Å². The third-order valence-corrected chi connectivity index (χ3v) is 6.34. The van der Waals surface area contributed by atoms with Crippen molar-refractivity contribution in [1.29, 1.82) is 0 Å². The first-order valence-electron chi connectivity index (χ1n) is 10.0. The van der Waals surface area contributed by atoms with E-state index in [1.54, 1.807) is 36.5 Å². The highest BCUT2D eigenvalue weighted by Gasteiger charge is 2.57. The van der Waals surface area contributed by atoms with Crippen LogP contribution in [0.4, 0.5) is 14.7 Å². The highest BCUT2D eigenvalue weighted by molar-refractivity contribution is 5.89. The molecule has 2 aliphatic rings. The molecule has 31 heavy (non-hydrogen) atoms. The summed E-state index contributed by atoms with van der Waals surface area (Å²) in [5.74, 6) is -2.40. The molecule has 5 rings (SSSR count). The summed E-state index contributed by atoms with van der Waals surface area (Å²) in [5.41, 5.74) is 0.913. The predicted octanol–water partition coefficient (Wildman–Crippen LogP) is 2.38. The Morgan fingerprint density at radius 1 is 1.23 bits per heavy atom. The third kappa shape index (κ3) is 3.35. The number of alkyl halides is 2. The van der Waals surface area contributed by atoms with Crippen LogP contribution in [-0.4, -0.2) is 69.6 Å². The second-order valence-corrected chi connectivity index (χ2v) is 8.14. The van der Waals surface area contributed by atoms with E-state index in [0.717, 1.165) is 10.8 Å². The molecule has 0 radical (unpaired) electrons. The molecule has 0 aliphatic carbocycles. The molecule has 4 atom stereocenters. The molecule has 2 aromatic heterocycles. The Labute approximate surface area is 177 Å². The van der Waals surface area contributed by atoms with E-state index in [1.165, 1.54) is 13.3 Å². The molecule has 162 valence electrons. The predicted molar refractivity (Wildman–Crippen MR) is 110 cm³/mol. The van der Waals surface area contributed by atoms with Crippen molar-refractivity contribution < 1.29 is 18.6 Å². The summed E-state index contributed by atoms with van der Waals surface area (Å²) in [7, 11) is 3.29. The molecule has 2 fully saturated rings. The van der Waals surface area contributed by atoms with Gasteiger partial charge in [0, 0.05) is 50.0 Å². The highest BCUT2D eigenvalue weighted by Crippen LogP contribution is 2.41. The summed E-state index contributed by atoms with van der Waals surface area (Å²) in [6, 6.07) is 3.62. The van der Waals surface area contributed by atoms with E-state index in [-0.39, 0.29) is 24.6 Å². The first kappa shape index (κ1) is 20.0. The minimum absolute atomic E-state index is 0.0503. The number of benzene rings is 1. The van der Waals surface area contributed by atoms with Crippen molar-refractivity contribution in [2.24, 2.45) is 0 Å². The Bertz CT molecular complexity index is 1110. The first-order valence-corrected chi connectivity index (χ1v) is 10.0. The summed E-state index contributed by atoms with van der Waals surface area (Å²) in [5, 5.41) is 23.5. The number of aromatic nitrogens is 4. The van der Waals surface area contributed by atoms with E-state index >= 15 is 0 Å². The van der Waals surface area contributed by atoms with Crippen LogP contribution in [0.15, 0.2) is 36.8 Å². The van der Waals surface area contributed by atoms with E-state index in [0.29, 0.717) is 17.2 Å². The van der Waals surface area contributed by atoms with Gasteiger partial charge >= 0.3 is 0 Å². The number of nitrogens with zero attached hydrogens (tertiary/aromatic N) is 5. The maximum absolute atomic E-state index is 14.2. The van der Waals surface area contributed by atoms with Gasteiger partial charge in [0.25, 0.3) is 5.92 Å². The Morgan fingerprint density at radius 2 is 2.06 bits per heavy atom. The van der Waals surface area contributed by atoms with Crippen molar-refractivity contribution in [2.45, 2.75) is 43.0 Å². The maximum Gasteiger partial charge on any atom is 0.264 e. The molecule has 8 nitrogen and oxygen atoms in total. The van der Waals surface area contributed by atoms with E-state index < -0.39 is 24.1 Å². The number of hydrogen-bond acceptors (Lipinski definition) is 8. The average molecular weight is 428 g/mol. The molecule has 10 heteroatoms. The molecule has 1 aromatic carbocycles. The zero-order valence-electron chi connectivity index (χ0n) is 17.0. The van der Waals surface area contributed by atoms with Gasteiger partial charge in [-0.25, -0.2) is 13.8 Å². The number of likely N-dealkylation sites (N-methyl/N-ethyl adjacent to an activating group) is 1. The zero-order valence-corrected chi connectivity index (χ0v) is 17.0. The number of anilines is 1. The van der Waals surface area contributed by atoms with Crippen LogP contribution >= 0.6 is 0 Å². The first-order chi connectivity index (χ1) is 14.9. The quantitative estimate of drug-likeness (QED) is 0.654. The molecule has 2 bridgehead atoms. The van der Waals surface area contributed by atoms with Crippen LogP contribution in [0.1, 0.15) is 12.8 Å². The summed E-state index contributed by atoms with van der Waals surface area (Å²) in [6.45, 7) is 0. The monoisotopic (exact) mass is 428 g/mol. The number of pyridine rings is 1. The van der Waals surface area contributed by atoms with E-state index in [9.17, 15) is 13.9 Å². The lowest BCUT2D eigenvalue weighted by molar-refractivity contribution is -0.0139. The van der Waals surface area contributed by atoms with E-state index in [1.807, 2.05) is 6.07 Å². The molecular weight excluding hydrogens is 406 g/mol. The normalized spacial score (nSPS) is 26.8. The van der Waals surface area contributed by atoms with Crippen molar-refractivity contribution in [3.63, 3.8) is 0 Å². The number of nitrogens with one attached hydrogen (secondary N) is 1. The minimum atomic E-state index is -2.76. The number of fused-ring (bicyclic) bond motifs is 3. The number of piperidine rings is 1. The number of rotatable bonds is 4. The Morgan fingerprint density at radius 3 is 2.81 bits per heavy atom. The number of halogens is 2. The number of methoxy groups -OCH3 is 1. The summed E-state index contributed by atoms with van der Waals surface area (Å²) in [6.07, 6.45) is 4.41. The topological polar surface area (TPSA) is 96.3 Å². The fraction of sp³-hybridized carbons (Fsp3) is 0.429. The van der Waals surface area contributed by atoms with Gasteiger partial charge in [0.2, 0.25) is 5.95 Å². The lowest BCUT2D eigenvalue weighted by Gasteiger charge is -2.41. The molecule has 0 unspecified atom stereocenters. The smallest absolute Gasteiger partial charge is 0.264 e. The second-order valence-electron chi connectivity index (χ2n) is 8.14. The SMILES string of the molecule is CO[C@H]1[C@H]2CC(F)(F)[C@@H](C[C@@H]1N(C)c1ncc(-c3cc4ccncc4cc3O)nn1)N2. The van der Waals surface area contributed by atoms with Crippen LogP contribution < -0.4 is 10.2 Å². The summed E-state index contributed by atoms with van der Waals surface area (Å²) >= 11 is 0. The third-order valence-electron chi connectivity index (χ3n) is 6.34. The van der Waals surface area contributed by atoms with Crippen LogP contribution in [0.2, 0.25) is 0 Å². The molecular formula is C21H22F2N6O2. The van der Waals surface area contributed by atoms with Gasteiger partial charge in [-0.1, -0.05) is 0 Å². The van der Waals surface area contributed by atoms with Gasteiger partial charge in [-0.05, 0) is 30.0 Å². The van der Waals surface area contributed by atoms with Crippen molar-refractivity contribution in [2.75, 3.05) is 19.1 Å². The number of phenolic OH excluding ortho intramolecular Hbond substituents is 1. The van der Waals surface area contributed by atoms with Crippen molar-refractivity contribution in [3.8, 4) is 17.0 Å². The summed E-state index contributed by atoms with van der Waals surface area (Å²) < 4.78 is 34.0. The van der Waals surface area contributed by atoms with Gasteiger partial charge in [0.15, 0.2) is 0 Å². The lowest BCUT2D eigenvalue weighted by Crippen LogP contribution is -2.59. The molecule has 4 heterocycles. The average Bonchev–Trinajstić information content (AvgIpc) is 3.01. The van der Waals surface area contributed by atoms with Crippen molar-refractivity contribution >= 4 is 16.7 Å². The second kappa shape index (κ2) is 7.31. The van der Waals surface area contributed by atoms with Gasteiger partial charge in [-0.15, -0.1) is 10.2 Å². The van der Waals surface area contributed by atoms with Crippen molar-refractivity contribution in [1.82, 2.24) is 25.5 Å². The van der Waals surface area contributed by atoms with E-state index in [4.69, 9.17) is 4.74 Å². The molecule has 3 aromatic rings. The Kier molecular flexibility index (Phi) is 4.71. The lowest BCUT2D eigenvalue weighted by atomic mass is 9.95. The number of ether oxygens (including phenoxy) is 1. The van der Waals surface area contributed by atoms with Crippen molar-refractivity contribution in [3.05, 3.63) is 36.8 Å². The molecule has 0 saturated carbocycles. The van der Waals surface area contributed by atoms with Gasteiger partial charge in [0.05, 0.1) is 24.4 Å². The zero-order chi connectivity index (χ0) is 21.8. The maximum atomic E-state index is 14.2. The van der Waals surface area contributed by atoms with Crippen LogP contribution in [0.5, 0.6) is 5.75 Å². The van der Waals surface area contributed by atoms with E-state index in [2.05, 4.69) is 25.5 Å². The highest BCUT2D eigenvalue weighted by atomic mass is 19.3. The van der Waals surface area contributed by atoms with Gasteiger partial charge in [0.1, 0.15) is 11.4 Å².